The lowest BCUT2D eigenvalue weighted by Gasteiger charge is -2.34. The van der Waals surface area contributed by atoms with Gasteiger partial charge in [0.25, 0.3) is 0 Å². The minimum Gasteiger partial charge on any atom is -0.437 e. The van der Waals surface area contributed by atoms with E-state index in [1.165, 1.54) is 13.3 Å². The second-order valence-electron chi connectivity index (χ2n) is 5.05. The van der Waals surface area contributed by atoms with Gasteiger partial charge in [0.1, 0.15) is 0 Å². The Balaban J connectivity index is 2.08. The van der Waals surface area contributed by atoms with Gasteiger partial charge in [0.2, 0.25) is 0 Å². The lowest BCUT2D eigenvalue weighted by Crippen LogP contribution is -2.39. The Morgan fingerprint density at radius 3 is 2.94 bits per heavy atom. The van der Waals surface area contributed by atoms with Crippen LogP contribution in [-0.2, 0) is 0 Å². The fourth-order valence-corrected chi connectivity index (χ4v) is 2.32. The van der Waals surface area contributed by atoms with Gasteiger partial charge in [-0.3, -0.25) is 4.79 Å². The third-order valence-corrected chi connectivity index (χ3v) is 3.40. The second kappa shape index (κ2) is 5.00. The molecule has 4 heteroatoms. The first-order valence-corrected chi connectivity index (χ1v) is 6.28. The van der Waals surface area contributed by atoms with Gasteiger partial charge >= 0.3 is 0 Å². The van der Waals surface area contributed by atoms with Crippen LogP contribution in [0, 0.1) is 0 Å². The van der Waals surface area contributed by atoms with Crippen LogP contribution in [0.3, 0.4) is 0 Å². The quantitative estimate of drug-likeness (QED) is 0.756. The minimum atomic E-state index is -0.0553. The van der Waals surface area contributed by atoms with E-state index in [0.717, 1.165) is 25.4 Å². The molecule has 2 heterocycles. The Bertz CT molecular complexity index is 398. The van der Waals surface area contributed by atoms with E-state index >= 15 is 0 Å². The summed E-state index contributed by atoms with van der Waals surface area (Å²) in [7, 11) is 0. The molecule has 1 fully saturated rings. The first kappa shape index (κ1) is 12.3. The van der Waals surface area contributed by atoms with Crippen molar-refractivity contribution in [2.24, 2.45) is 0 Å². The van der Waals surface area contributed by atoms with Gasteiger partial charge in [0, 0.05) is 25.4 Å². The number of ketones is 1. The van der Waals surface area contributed by atoms with Crippen molar-refractivity contribution in [3.05, 3.63) is 17.8 Å². The van der Waals surface area contributed by atoms with Crippen LogP contribution in [0.1, 0.15) is 56.0 Å². The number of oxazole rings is 1. The number of likely N-dealkylation sites (tertiary alicyclic amines) is 1. The maximum absolute atomic E-state index is 11.2. The largest absolute Gasteiger partial charge is 0.437 e. The van der Waals surface area contributed by atoms with Crippen LogP contribution >= 0.6 is 0 Å². The van der Waals surface area contributed by atoms with E-state index in [4.69, 9.17) is 4.42 Å². The molecule has 0 spiro atoms. The molecule has 2 rings (SSSR count). The molecule has 1 aliphatic heterocycles. The highest BCUT2D eigenvalue weighted by Crippen LogP contribution is 2.27. The zero-order valence-corrected chi connectivity index (χ0v) is 10.8. The highest BCUT2D eigenvalue weighted by molar-refractivity contribution is 5.90. The zero-order chi connectivity index (χ0) is 12.4. The van der Waals surface area contributed by atoms with Crippen LogP contribution in [0.25, 0.3) is 0 Å². The van der Waals surface area contributed by atoms with Crippen molar-refractivity contribution in [2.45, 2.75) is 45.6 Å². The number of piperidine rings is 1. The molecule has 0 radical (unpaired) electrons. The molecule has 4 nitrogen and oxygen atoms in total. The maximum atomic E-state index is 11.2. The Morgan fingerprint density at radius 2 is 2.35 bits per heavy atom. The Kier molecular flexibility index (Phi) is 3.62. The van der Waals surface area contributed by atoms with Crippen LogP contribution in [0.4, 0.5) is 0 Å². The van der Waals surface area contributed by atoms with Crippen molar-refractivity contribution in [3.8, 4) is 0 Å². The molecule has 1 atom stereocenters. The van der Waals surface area contributed by atoms with E-state index < -0.39 is 0 Å². The molecule has 0 aromatic carbocycles. The molecule has 17 heavy (non-hydrogen) atoms. The molecule has 1 aromatic heterocycles. The summed E-state index contributed by atoms with van der Waals surface area (Å²) in [5.41, 5.74) is 0. The summed E-state index contributed by atoms with van der Waals surface area (Å²) in [6, 6.07) is 0.556. The molecule has 0 aliphatic carbocycles. The van der Waals surface area contributed by atoms with Crippen LogP contribution in [0.5, 0.6) is 0 Å². The van der Waals surface area contributed by atoms with Gasteiger partial charge in [-0.15, -0.1) is 0 Å². The fourth-order valence-electron chi connectivity index (χ4n) is 2.32. The van der Waals surface area contributed by atoms with Crippen molar-refractivity contribution in [1.29, 1.82) is 0 Å². The van der Waals surface area contributed by atoms with E-state index in [0.29, 0.717) is 17.7 Å². The number of Topliss-reactive ketones (excluding diaryl/α,β-unsaturated/α-hetero) is 1. The lowest BCUT2D eigenvalue weighted by atomic mass is 9.97. The maximum Gasteiger partial charge on any atom is 0.199 e. The summed E-state index contributed by atoms with van der Waals surface area (Å²) >= 11 is 0. The first-order chi connectivity index (χ1) is 8.08. The van der Waals surface area contributed by atoms with E-state index in [-0.39, 0.29) is 5.78 Å². The highest BCUT2D eigenvalue weighted by Gasteiger charge is 2.26. The summed E-state index contributed by atoms with van der Waals surface area (Å²) in [6.45, 7) is 8.05. The van der Waals surface area contributed by atoms with Gasteiger partial charge in [-0.2, -0.15) is 0 Å². The minimum absolute atomic E-state index is 0.0553. The average Bonchev–Trinajstić information content (AvgIpc) is 2.78. The Morgan fingerprint density at radius 1 is 1.59 bits per heavy atom. The van der Waals surface area contributed by atoms with Crippen molar-refractivity contribution >= 4 is 5.78 Å². The van der Waals surface area contributed by atoms with Crippen molar-refractivity contribution in [3.63, 3.8) is 0 Å². The summed E-state index contributed by atoms with van der Waals surface area (Å²) in [6.07, 6.45) is 3.81. The summed E-state index contributed by atoms with van der Waals surface area (Å²) in [4.78, 5) is 17.8. The van der Waals surface area contributed by atoms with Gasteiger partial charge in [0.05, 0.1) is 6.20 Å². The predicted octanol–water partition coefficient (Wildman–Crippen LogP) is 2.47. The molecule has 1 unspecified atom stereocenters. The summed E-state index contributed by atoms with van der Waals surface area (Å²) in [5, 5.41) is 0. The van der Waals surface area contributed by atoms with E-state index in [2.05, 4.69) is 23.7 Å². The number of carbonyl (C=O) groups is 1. The smallest absolute Gasteiger partial charge is 0.199 e. The molecule has 1 saturated heterocycles. The van der Waals surface area contributed by atoms with Crippen molar-refractivity contribution in [1.82, 2.24) is 9.88 Å². The van der Waals surface area contributed by atoms with Gasteiger partial charge < -0.3 is 9.32 Å². The van der Waals surface area contributed by atoms with Crippen molar-refractivity contribution < 1.29 is 9.21 Å². The number of nitrogens with zero attached hydrogens (tertiary/aromatic N) is 2. The van der Waals surface area contributed by atoms with Gasteiger partial charge in [0.15, 0.2) is 17.4 Å². The van der Waals surface area contributed by atoms with Gasteiger partial charge in [-0.05, 0) is 33.2 Å². The topological polar surface area (TPSA) is 46.3 Å². The average molecular weight is 236 g/mol. The second-order valence-corrected chi connectivity index (χ2v) is 5.05. The summed E-state index contributed by atoms with van der Waals surface area (Å²) in [5.74, 6) is 1.38. The zero-order valence-electron chi connectivity index (χ0n) is 10.8. The predicted molar refractivity (Wildman–Crippen MR) is 65.2 cm³/mol. The number of carbonyl (C=O) groups excluding carboxylic acids is 1. The molecule has 94 valence electrons. The summed E-state index contributed by atoms with van der Waals surface area (Å²) < 4.78 is 5.53. The standard InChI is InChI=1S/C13H20N2O2/c1-9(2)15-6-4-5-11(8-15)13-14-7-12(17-13)10(3)16/h7,9,11H,4-6,8H2,1-3H3. The van der Waals surface area contributed by atoms with E-state index in [9.17, 15) is 4.79 Å². The fraction of sp³-hybridized carbons (Fsp3) is 0.692. The molecule has 1 aliphatic rings. The van der Waals surface area contributed by atoms with Gasteiger partial charge in [-0.1, -0.05) is 0 Å². The van der Waals surface area contributed by atoms with Crippen LogP contribution < -0.4 is 0 Å². The highest BCUT2D eigenvalue weighted by atomic mass is 16.4. The SMILES string of the molecule is CC(=O)c1cnc(C2CCCN(C(C)C)C2)o1. The van der Waals surface area contributed by atoms with E-state index in [1.54, 1.807) is 6.20 Å². The van der Waals surface area contributed by atoms with Crippen LogP contribution in [-0.4, -0.2) is 34.8 Å². The molecule has 1 aromatic rings. The lowest BCUT2D eigenvalue weighted by molar-refractivity contribution is 0.0981. The number of hydrogen-bond donors (Lipinski definition) is 0. The third kappa shape index (κ3) is 2.75. The molecule has 0 bridgehead atoms. The molecular weight excluding hydrogens is 216 g/mol. The van der Waals surface area contributed by atoms with Crippen molar-refractivity contribution in [2.75, 3.05) is 13.1 Å². The molecule has 0 amide bonds. The Hall–Kier alpha value is -1.16. The van der Waals surface area contributed by atoms with E-state index in [1.807, 2.05) is 0 Å². The van der Waals surface area contributed by atoms with Gasteiger partial charge in [-0.25, -0.2) is 4.98 Å². The third-order valence-electron chi connectivity index (χ3n) is 3.40. The number of rotatable bonds is 3. The molecule has 0 saturated carbocycles. The first-order valence-electron chi connectivity index (χ1n) is 6.28. The number of hydrogen-bond acceptors (Lipinski definition) is 4. The molecule has 0 N–H and O–H groups in total. The number of aromatic nitrogens is 1. The van der Waals surface area contributed by atoms with Crippen LogP contribution in [0.2, 0.25) is 0 Å². The monoisotopic (exact) mass is 236 g/mol. The normalized spacial score (nSPS) is 22.0. The Labute approximate surface area is 102 Å². The molecular formula is C13H20N2O2. The van der Waals surface area contributed by atoms with Crippen LogP contribution in [0.15, 0.2) is 10.6 Å².